The van der Waals surface area contributed by atoms with E-state index in [1.807, 2.05) is 0 Å². The van der Waals surface area contributed by atoms with Gasteiger partial charge in [-0.25, -0.2) is 4.79 Å². The van der Waals surface area contributed by atoms with E-state index in [0.717, 1.165) is 0 Å². The van der Waals surface area contributed by atoms with Crippen molar-refractivity contribution in [2.24, 2.45) is 5.92 Å². The van der Waals surface area contributed by atoms with E-state index < -0.39 is 40.3 Å². The molecule has 11 nitrogen and oxygen atoms in total. The molecule has 1 aliphatic carbocycles. The summed E-state index contributed by atoms with van der Waals surface area (Å²) in [6.07, 6.45) is 0.665. The van der Waals surface area contributed by atoms with Gasteiger partial charge < -0.3 is 15.4 Å². The van der Waals surface area contributed by atoms with Gasteiger partial charge in [-0.3, -0.25) is 29.8 Å². The SMILES string of the molecule is CC(C)OC(=O)CC(NC(=O)C1CCC2(CC1)NC(=O)NC2=O)c1ccccc1[N+](=O)[O-]. The Labute approximate surface area is 184 Å². The Morgan fingerprint density at radius 3 is 2.47 bits per heavy atom. The molecule has 1 spiro atoms. The summed E-state index contributed by atoms with van der Waals surface area (Å²) in [4.78, 5) is 59.8. The maximum atomic E-state index is 13.0. The number of amides is 4. The molecule has 1 aliphatic heterocycles. The topological polar surface area (TPSA) is 157 Å². The molecular weight excluding hydrogens is 420 g/mol. The summed E-state index contributed by atoms with van der Waals surface area (Å²) in [6.45, 7) is 3.37. The minimum absolute atomic E-state index is 0.205. The van der Waals surface area contributed by atoms with E-state index in [1.54, 1.807) is 19.9 Å². The number of nitro groups is 1. The number of ether oxygens (including phenoxy) is 1. The molecule has 0 aromatic heterocycles. The summed E-state index contributed by atoms with van der Waals surface area (Å²) in [5, 5.41) is 19.1. The standard InChI is InChI=1S/C21H26N4O7/c1-12(2)32-17(26)11-15(14-5-3-4-6-16(14)25(30)31)22-18(27)13-7-9-21(10-8-13)19(28)23-20(29)24-21/h3-6,12-13,15H,7-11H2,1-2H3,(H,22,27)(H2,23,24,28,29). The number of hydrogen-bond acceptors (Lipinski definition) is 7. The second-order valence-corrected chi connectivity index (χ2v) is 8.38. The lowest BCUT2D eigenvalue weighted by Gasteiger charge is -2.34. The van der Waals surface area contributed by atoms with Crippen LogP contribution in [-0.2, 0) is 19.1 Å². The van der Waals surface area contributed by atoms with Crippen molar-refractivity contribution in [3.8, 4) is 0 Å². The van der Waals surface area contributed by atoms with Crippen molar-refractivity contribution in [1.29, 1.82) is 0 Å². The van der Waals surface area contributed by atoms with Crippen LogP contribution >= 0.6 is 0 Å². The summed E-state index contributed by atoms with van der Waals surface area (Å²) in [7, 11) is 0. The van der Waals surface area contributed by atoms with Gasteiger partial charge in [-0.1, -0.05) is 18.2 Å². The highest BCUT2D eigenvalue weighted by atomic mass is 16.6. The molecular formula is C21H26N4O7. The number of urea groups is 1. The zero-order valence-corrected chi connectivity index (χ0v) is 17.9. The Balaban J connectivity index is 1.74. The lowest BCUT2D eigenvalue weighted by atomic mass is 9.76. The highest BCUT2D eigenvalue weighted by molar-refractivity contribution is 6.07. The van der Waals surface area contributed by atoms with Crippen LogP contribution in [0.4, 0.5) is 10.5 Å². The zero-order chi connectivity index (χ0) is 23.5. The Kier molecular flexibility index (Phi) is 6.75. The number of rotatable bonds is 7. The van der Waals surface area contributed by atoms with E-state index >= 15 is 0 Å². The number of benzene rings is 1. The van der Waals surface area contributed by atoms with Crippen molar-refractivity contribution in [2.75, 3.05) is 0 Å². The van der Waals surface area contributed by atoms with E-state index in [9.17, 15) is 29.3 Å². The minimum Gasteiger partial charge on any atom is -0.463 e. The maximum absolute atomic E-state index is 13.0. The van der Waals surface area contributed by atoms with Crippen LogP contribution in [0.15, 0.2) is 24.3 Å². The van der Waals surface area contributed by atoms with Gasteiger partial charge in [0.1, 0.15) is 5.54 Å². The van der Waals surface area contributed by atoms with E-state index in [0.29, 0.717) is 25.7 Å². The van der Waals surface area contributed by atoms with E-state index in [-0.39, 0.29) is 29.7 Å². The average Bonchev–Trinajstić information content (AvgIpc) is 2.99. The number of carbonyl (C=O) groups excluding carboxylic acids is 4. The largest absolute Gasteiger partial charge is 0.463 e. The van der Waals surface area contributed by atoms with Crippen molar-refractivity contribution >= 4 is 29.5 Å². The van der Waals surface area contributed by atoms with Crippen molar-refractivity contribution < 1.29 is 28.8 Å². The Hall–Kier alpha value is -3.50. The number of imide groups is 1. The summed E-state index contributed by atoms with van der Waals surface area (Å²) >= 11 is 0. The van der Waals surface area contributed by atoms with Gasteiger partial charge in [-0.05, 0) is 39.5 Å². The molecule has 11 heteroatoms. The number of carbonyl (C=O) groups is 4. The van der Waals surface area contributed by atoms with Crippen LogP contribution in [0.2, 0.25) is 0 Å². The van der Waals surface area contributed by atoms with Crippen molar-refractivity contribution in [3.05, 3.63) is 39.9 Å². The molecule has 4 amide bonds. The first-order chi connectivity index (χ1) is 15.1. The molecule has 1 saturated carbocycles. The fourth-order valence-corrected chi connectivity index (χ4v) is 4.21. The van der Waals surface area contributed by atoms with Crippen LogP contribution in [-0.4, -0.2) is 40.4 Å². The highest BCUT2D eigenvalue weighted by Gasteiger charge is 2.49. The number of nitrogens with one attached hydrogen (secondary N) is 3. The van der Waals surface area contributed by atoms with E-state index in [2.05, 4.69) is 16.0 Å². The molecule has 1 aromatic rings. The van der Waals surface area contributed by atoms with Crippen LogP contribution in [0.3, 0.4) is 0 Å². The second-order valence-electron chi connectivity index (χ2n) is 8.38. The molecule has 1 heterocycles. The molecule has 1 saturated heterocycles. The molecule has 1 unspecified atom stereocenters. The van der Waals surface area contributed by atoms with Gasteiger partial charge in [-0.2, -0.15) is 0 Å². The molecule has 172 valence electrons. The van der Waals surface area contributed by atoms with Gasteiger partial charge in [0.2, 0.25) is 5.91 Å². The average molecular weight is 446 g/mol. The van der Waals surface area contributed by atoms with Crippen LogP contribution in [0, 0.1) is 16.0 Å². The van der Waals surface area contributed by atoms with Gasteiger partial charge in [-0.15, -0.1) is 0 Å². The molecule has 32 heavy (non-hydrogen) atoms. The third-order valence-corrected chi connectivity index (χ3v) is 5.79. The number of nitro benzene ring substituents is 1. The highest BCUT2D eigenvalue weighted by Crippen LogP contribution is 2.35. The predicted octanol–water partition coefficient (Wildman–Crippen LogP) is 1.86. The van der Waals surface area contributed by atoms with E-state index in [4.69, 9.17) is 4.74 Å². The Morgan fingerprint density at radius 2 is 1.91 bits per heavy atom. The normalized spacial score (nSPS) is 23.4. The first-order valence-corrected chi connectivity index (χ1v) is 10.5. The first kappa shape index (κ1) is 23.2. The van der Waals surface area contributed by atoms with Gasteiger partial charge in [0.15, 0.2) is 0 Å². The monoisotopic (exact) mass is 446 g/mol. The summed E-state index contributed by atoms with van der Waals surface area (Å²) < 4.78 is 5.17. The van der Waals surface area contributed by atoms with Gasteiger partial charge in [0.05, 0.1) is 29.1 Å². The number of nitrogens with zero attached hydrogens (tertiary/aromatic N) is 1. The van der Waals surface area contributed by atoms with Crippen molar-refractivity contribution in [3.63, 3.8) is 0 Å². The molecule has 3 N–H and O–H groups in total. The quantitative estimate of drug-likeness (QED) is 0.250. The lowest BCUT2D eigenvalue weighted by Crippen LogP contribution is -2.51. The first-order valence-electron chi connectivity index (χ1n) is 10.5. The maximum Gasteiger partial charge on any atom is 0.322 e. The molecule has 3 rings (SSSR count). The summed E-state index contributed by atoms with van der Waals surface area (Å²) in [5.41, 5.74) is -0.989. The fraction of sp³-hybridized carbons (Fsp3) is 0.524. The number of hydrogen-bond donors (Lipinski definition) is 3. The summed E-state index contributed by atoms with van der Waals surface area (Å²) in [5.74, 6) is -1.81. The molecule has 0 bridgehead atoms. The van der Waals surface area contributed by atoms with Crippen LogP contribution in [0.1, 0.15) is 57.6 Å². The minimum atomic E-state index is -0.994. The second kappa shape index (κ2) is 9.33. The Morgan fingerprint density at radius 1 is 1.25 bits per heavy atom. The third kappa shape index (κ3) is 5.04. The lowest BCUT2D eigenvalue weighted by molar-refractivity contribution is -0.385. The van der Waals surface area contributed by atoms with Crippen LogP contribution in [0.25, 0.3) is 0 Å². The summed E-state index contributed by atoms with van der Waals surface area (Å²) in [6, 6.07) is 4.43. The fourth-order valence-electron chi connectivity index (χ4n) is 4.21. The molecule has 1 aromatic carbocycles. The number of para-hydroxylation sites is 1. The molecule has 2 fully saturated rings. The number of esters is 1. The van der Waals surface area contributed by atoms with Gasteiger partial charge in [0.25, 0.3) is 11.6 Å². The zero-order valence-electron chi connectivity index (χ0n) is 17.9. The van der Waals surface area contributed by atoms with Gasteiger partial charge >= 0.3 is 12.0 Å². The van der Waals surface area contributed by atoms with Crippen molar-refractivity contribution in [2.45, 2.75) is 63.6 Å². The molecule has 0 radical (unpaired) electrons. The molecule has 2 aliphatic rings. The van der Waals surface area contributed by atoms with E-state index in [1.165, 1.54) is 18.2 Å². The van der Waals surface area contributed by atoms with Gasteiger partial charge in [0, 0.05) is 12.0 Å². The van der Waals surface area contributed by atoms with Crippen molar-refractivity contribution in [1.82, 2.24) is 16.0 Å². The van der Waals surface area contributed by atoms with Crippen LogP contribution in [0.5, 0.6) is 0 Å². The smallest absolute Gasteiger partial charge is 0.322 e. The molecule has 1 atom stereocenters. The Bertz CT molecular complexity index is 938. The van der Waals surface area contributed by atoms with Crippen LogP contribution < -0.4 is 16.0 Å². The third-order valence-electron chi connectivity index (χ3n) is 5.79. The predicted molar refractivity (Wildman–Crippen MR) is 111 cm³/mol.